The van der Waals surface area contributed by atoms with Gasteiger partial charge in [-0.25, -0.2) is 4.39 Å². The van der Waals surface area contributed by atoms with E-state index in [1.54, 1.807) is 6.07 Å². The van der Waals surface area contributed by atoms with E-state index in [0.29, 0.717) is 6.42 Å². The zero-order valence-corrected chi connectivity index (χ0v) is 15.0. The summed E-state index contributed by atoms with van der Waals surface area (Å²) in [7, 11) is 1.98. The molecule has 1 atom stereocenters. The highest BCUT2D eigenvalue weighted by Gasteiger charge is 2.20. The number of nitrogens with one attached hydrogen (secondary N) is 1. The molecule has 0 spiro atoms. The minimum atomic E-state index is -0.135. The highest BCUT2D eigenvalue weighted by Crippen LogP contribution is 2.31. The summed E-state index contributed by atoms with van der Waals surface area (Å²) in [5.41, 5.74) is 6.80. The zero-order chi connectivity index (χ0) is 16.5. The second-order valence-electron chi connectivity index (χ2n) is 6.41. The third-order valence-electron chi connectivity index (χ3n) is 4.26. The molecule has 1 aliphatic heterocycles. The number of rotatable bonds is 7. The van der Waals surface area contributed by atoms with Crippen molar-refractivity contribution >= 4 is 11.9 Å². The number of nitrogens with two attached hydrogens (primary N) is 1. The fourth-order valence-electron chi connectivity index (χ4n) is 2.76. The molecule has 0 amide bonds. The zero-order valence-electron chi connectivity index (χ0n) is 14.1. The Labute approximate surface area is 144 Å². The fraction of sp³-hybridized carbons (Fsp3) is 0.667. The van der Waals surface area contributed by atoms with E-state index in [1.165, 1.54) is 44.8 Å². The number of likely N-dealkylation sites (tertiary alicyclic amines) is 1. The number of benzene rings is 1. The summed E-state index contributed by atoms with van der Waals surface area (Å²) in [6, 6.07) is 6.97. The van der Waals surface area contributed by atoms with Crippen LogP contribution in [0, 0.1) is 5.82 Å². The third kappa shape index (κ3) is 7.66. The molecule has 1 aromatic rings. The molecule has 3 nitrogen and oxygen atoms in total. The maximum Gasteiger partial charge on any atom is 0.126 e. The van der Waals surface area contributed by atoms with E-state index >= 15 is 0 Å². The van der Waals surface area contributed by atoms with Crippen LogP contribution in [-0.4, -0.2) is 42.9 Å². The predicted molar refractivity (Wildman–Crippen MR) is 98.0 cm³/mol. The standard InChI is InChI=1S/C14H21FN2.C4H9NS/c15-14-6-2-1-5-12(14)11-13(16)7-10-17-8-3-4-9-17;1-5-6-4-2-3-4/h1-2,5-6,13H,3-4,7-11,16H2;4-5H,2-3H2,1H3. The average Bonchev–Trinajstić information content (AvgIpc) is 3.21. The van der Waals surface area contributed by atoms with Gasteiger partial charge in [0.15, 0.2) is 0 Å². The molecule has 1 aromatic carbocycles. The molecule has 1 saturated heterocycles. The van der Waals surface area contributed by atoms with Crippen LogP contribution in [-0.2, 0) is 6.42 Å². The van der Waals surface area contributed by atoms with Crippen LogP contribution in [0.3, 0.4) is 0 Å². The number of nitrogens with zero attached hydrogens (tertiary/aromatic N) is 1. The molecule has 130 valence electrons. The van der Waals surface area contributed by atoms with E-state index in [4.69, 9.17) is 5.73 Å². The number of hydrogen-bond donors (Lipinski definition) is 2. The topological polar surface area (TPSA) is 41.3 Å². The molecular weight excluding hydrogens is 309 g/mol. The van der Waals surface area contributed by atoms with Gasteiger partial charge in [-0.05, 0) is 76.8 Å². The van der Waals surface area contributed by atoms with E-state index < -0.39 is 0 Å². The largest absolute Gasteiger partial charge is 0.327 e. The van der Waals surface area contributed by atoms with Crippen molar-refractivity contribution in [3.8, 4) is 0 Å². The Kier molecular flexibility index (Phi) is 8.37. The van der Waals surface area contributed by atoms with Crippen LogP contribution in [0.25, 0.3) is 0 Å². The maximum atomic E-state index is 13.4. The van der Waals surface area contributed by atoms with Crippen molar-refractivity contribution in [3.05, 3.63) is 35.6 Å². The third-order valence-corrected chi connectivity index (χ3v) is 5.30. The molecule has 2 fully saturated rings. The van der Waals surface area contributed by atoms with Crippen LogP contribution < -0.4 is 10.5 Å². The van der Waals surface area contributed by atoms with Crippen molar-refractivity contribution in [2.75, 3.05) is 26.7 Å². The summed E-state index contributed by atoms with van der Waals surface area (Å²) in [6.07, 6.45) is 7.05. The van der Waals surface area contributed by atoms with E-state index in [0.717, 1.165) is 23.8 Å². The van der Waals surface area contributed by atoms with Crippen molar-refractivity contribution < 1.29 is 4.39 Å². The van der Waals surface area contributed by atoms with Crippen molar-refractivity contribution in [2.45, 2.75) is 49.8 Å². The SMILES string of the molecule is CNSC1CC1.NC(CCN1CCCC1)Cc1ccccc1F. The van der Waals surface area contributed by atoms with Crippen LogP contribution in [0.5, 0.6) is 0 Å². The molecule has 0 bridgehead atoms. The average molecular weight is 340 g/mol. The van der Waals surface area contributed by atoms with Gasteiger partial charge in [-0.15, -0.1) is 0 Å². The molecule has 1 unspecified atom stereocenters. The summed E-state index contributed by atoms with van der Waals surface area (Å²) in [5, 5.41) is 0.954. The van der Waals surface area contributed by atoms with Crippen LogP contribution >= 0.6 is 11.9 Å². The second-order valence-corrected chi connectivity index (χ2v) is 7.72. The van der Waals surface area contributed by atoms with Gasteiger partial charge >= 0.3 is 0 Å². The first kappa shape index (κ1) is 18.7. The molecule has 0 aromatic heterocycles. The van der Waals surface area contributed by atoms with Crippen molar-refractivity contribution in [1.82, 2.24) is 9.62 Å². The molecular formula is C18H30FN3S. The molecule has 1 aliphatic carbocycles. The van der Waals surface area contributed by atoms with Crippen LogP contribution in [0.1, 0.15) is 37.7 Å². The highest BCUT2D eigenvalue weighted by molar-refractivity contribution is 7.98. The molecule has 0 radical (unpaired) electrons. The smallest absolute Gasteiger partial charge is 0.126 e. The molecule has 1 heterocycles. The van der Waals surface area contributed by atoms with E-state index in [1.807, 2.05) is 31.1 Å². The van der Waals surface area contributed by atoms with E-state index in [2.05, 4.69) is 9.62 Å². The van der Waals surface area contributed by atoms with Gasteiger partial charge in [0.2, 0.25) is 0 Å². The lowest BCUT2D eigenvalue weighted by molar-refractivity contribution is 0.320. The Morgan fingerprint density at radius 1 is 1.30 bits per heavy atom. The number of hydrogen-bond acceptors (Lipinski definition) is 4. The Bertz CT molecular complexity index is 448. The summed E-state index contributed by atoms with van der Waals surface area (Å²) >= 11 is 1.85. The van der Waals surface area contributed by atoms with Gasteiger partial charge < -0.3 is 10.6 Å². The lowest BCUT2D eigenvalue weighted by Crippen LogP contribution is -2.30. The van der Waals surface area contributed by atoms with Crippen molar-refractivity contribution in [2.24, 2.45) is 5.73 Å². The first-order valence-corrected chi connectivity index (χ1v) is 9.60. The fourth-order valence-corrected chi connectivity index (χ4v) is 3.46. The normalized spacial score (nSPS) is 19.3. The van der Waals surface area contributed by atoms with Gasteiger partial charge in [-0.3, -0.25) is 4.72 Å². The van der Waals surface area contributed by atoms with Gasteiger partial charge in [0.25, 0.3) is 0 Å². The van der Waals surface area contributed by atoms with Crippen LogP contribution in [0.4, 0.5) is 4.39 Å². The first-order chi connectivity index (χ1) is 11.2. The quantitative estimate of drug-likeness (QED) is 0.749. The van der Waals surface area contributed by atoms with Gasteiger partial charge in [0.05, 0.1) is 0 Å². The summed E-state index contributed by atoms with van der Waals surface area (Å²) in [6.45, 7) is 3.45. The molecule has 23 heavy (non-hydrogen) atoms. The lowest BCUT2D eigenvalue weighted by atomic mass is 10.0. The summed E-state index contributed by atoms with van der Waals surface area (Å²) in [4.78, 5) is 2.45. The molecule has 1 saturated carbocycles. The van der Waals surface area contributed by atoms with Crippen molar-refractivity contribution in [3.63, 3.8) is 0 Å². The minimum absolute atomic E-state index is 0.0625. The molecule has 3 N–H and O–H groups in total. The molecule has 3 rings (SSSR count). The number of halogens is 1. The minimum Gasteiger partial charge on any atom is -0.327 e. The molecule has 5 heteroatoms. The van der Waals surface area contributed by atoms with E-state index in [9.17, 15) is 4.39 Å². The Morgan fingerprint density at radius 3 is 2.57 bits per heavy atom. The van der Waals surface area contributed by atoms with E-state index in [-0.39, 0.29) is 11.9 Å². The lowest BCUT2D eigenvalue weighted by Gasteiger charge is -2.18. The highest BCUT2D eigenvalue weighted by atomic mass is 32.2. The monoisotopic (exact) mass is 339 g/mol. The van der Waals surface area contributed by atoms with Crippen molar-refractivity contribution in [1.29, 1.82) is 0 Å². The predicted octanol–water partition coefficient (Wildman–Crippen LogP) is 3.20. The van der Waals surface area contributed by atoms with Gasteiger partial charge in [-0.2, -0.15) is 0 Å². The van der Waals surface area contributed by atoms with Crippen LogP contribution in [0.15, 0.2) is 24.3 Å². The van der Waals surface area contributed by atoms with Gasteiger partial charge in [-0.1, -0.05) is 30.1 Å². The Hall–Kier alpha value is -0.620. The first-order valence-electron chi connectivity index (χ1n) is 8.72. The second kappa shape index (κ2) is 10.3. The van der Waals surface area contributed by atoms with Gasteiger partial charge in [0, 0.05) is 11.3 Å². The summed E-state index contributed by atoms with van der Waals surface area (Å²) < 4.78 is 16.5. The van der Waals surface area contributed by atoms with Crippen LogP contribution in [0.2, 0.25) is 0 Å². The van der Waals surface area contributed by atoms with Gasteiger partial charge in [0.1, 0.15) is 5.82 Å². The summed E-state index contributed by atoms with van der Waals surface area (Å²) in [5.74, 6) is -0.135. The molecule has 2 aliphatic rings. The Morgan fingerprint density at radius 2 is 2.00 bits per heavy atom. The Balaban J connectivity index is 0.000000268. The maximum absolute atomic E-state index is 13.4.